The predicted molar refractivity (Wildman–Crippen MR) is 134 cm³/mol. The predicted octanol–water partition coefficient (Wildman–Crippen LogP) is 5.36. The summed E-state index contributed by atoms with van der Waals surface area (Å²) in [6.45, 7) is 13.6. The molecule has 2 aliphatic rings. The number of Topliss-reactive ketones (excluding diaryl/α,β-unsaturated/α-hetero) is 1. The molecule has 0 spiro atoms. The second-order valence-electron chi connectivity index (χ2n) is 11.0. The maximum Gasteiger partial charge on any atom is 0.309 e. The monoisotopic (exact) mass is 491 g/mol. The quantitative estimate of drug-likeness (QED) is 0.442. The van der Waals surface area contributed by atoms with E-state index in [0.29, 0.717) is 12.3 Å². The Morgan fingerprint density at radius 1 is 1.21 bits per heavy atom. The number of carbonyl (C=O) groups is 2. The Kier molecular flexibility index (Phi) is 8.75. The third-order valence-electron chi connectivity index (χ3n) is 8.00. The molecule has 1 N–H and O–H groups in total. The summed E-state index contributed by atoms with van der Waals surface area (Å²) in [5.74, 6) is -0.119. The van der Waals surface area contributed by atoms with Crippen molar-refractivity contribution in [2.75, 3.05) is 0 Å². The number of epoxide rings is 1. The molecule has 0 aliphatic carbocycles. The molecule has 7 heteroatoms. The maximum atomic E-state index is 13.3. The molecule has 1 unspecified atom stereocenters. The average molecular weight is 492 g/mol. The van der Waals surface area contributed by atoms with E-state index in [2.05, 4.69) is 18.8 Å². The van der Waals surface area contributed by atoms with Gasteiger partial charge in [-0.25, -0.2) is 4.98 Å². The van der Waals surface area contributed by atoms with Crippen molar-refractivity contribution in [2.45, 2.75) is 105 Å². The fourth-order valence-corrected chi connectivity index (χ4v) is 5.53. The first-order valence-corrected chi connectivity index (χ1v) is 13.5. The summed E-state index contributed by atoms with van der Waals surface area (Å²) >= 11 is 1.58. The van der Waals surface area contributed by atoms with Gasteiger partial charge in [-0.05, 0) is 43.8 Å². The highest BCUT2D eigenvalue weighted by atomic mass is 32.1. The van der Waals surface area contributed by atoms with Gasteiger partial charge < -0.3 is 14.6 Å². The molecular weight excluding hydrogens is 450 g/mol. The number of esters is 1. The van der Waals surface area contributed by atoms with Crippen molar-refractivity contribution in [2.24, 2.45) is 23.2 Å². The van der Waals surface area contributed by atoms with Crippen molar-refractivity contribution in [1.29, 1.82) is 0 Å². The van der Waals surface area contributed by atoms with E-state index in [4.69, 9.17) is 9.47 Å². The Balaban J connectivity index is 1.81. The summed E-state index contributed by atoms with van der Waals surface area (Å²) in [5.41, 5.74) is 0.711. The Labute approximate surface area is 208 Å². The number of cyclic esters (lactones) is 1. The van der Waals surface area contributed by atoms with Gasteiger partial charge >= 0.3 is 5.97 Å². The van der Waals surface area contributed by atoms with Crippen LogP contribution in [0.1, 0.15) is 84.3 Å². The highest BCUT2D eigenvalue weighted by molar-refractivity contribution is 7.09. The number of aromatic nitrogens is 1. The number of carbonyl (C=O) groups excluding carboxylic acids is 2. The molecule has 0 aromatic carbocycles. The van der Waals surface area contributed by atoms with Gasteiger partial charge in [-0.2, -0.15) is 0 Å². The fourth-order valence-electron chi connectivity index (χ4n) is 4.96. The Hall–Kier alpha value is -1.57. The maximum absolute atomic E-state index is 13.3. The minimum atomic E-state index is -1.11. The number of fused-ring (bicyclic) bond motifs is 1. The molecule has 2 aliphatic heterocycles. The molecule has 6 nitrogen and oxygen atoms in total. The van der Waals surface area contributed by atoms with Crippen LogP contribution in [0.25, 0.3) is 6.08 Å². The van der Waals surface area contributed by atoms with Gasteiger partial charge in [-0.15, -0.1) is 11.3 Å². The number of aliphatic hydroxyl groups is 1. The Bertz CT molecular complexity index is 907. The summed E-state index contributed by atoms with van der Waals surface area (Å²) in [6.07, 6.45) is 4.06. The summed E-state index contributed by atoms with van der Waals surface area (Å²) in [5, 5.41) is 13.9. The first kappa shape index (κ1) is 27.0. The van der Waals surface area contributed by atoms with Crippen molar-refractivity contribution >= 4 is 29.2 Å². The van der Waals surface area contributed by atoms with Crippen LogP contribution in [0.2, 0.25) is 0 Å². The largest absolute Gasteiger partial charge is 0.458 e. The summed E-state index contributed by atoms with van der Waals surface area (Å²) in [4.78, 5) is 30.7. The van der Waals surface area contributed by atoms with Gasteiger partial charge in [0.2, 0.25) is 0 Å². The molecule has 2 fully saturated rings. The molecule has 1 aromatic heterocycles. The summed E-state index contributed by atoms with van der Waals surface area (Å²) in [6, 6.07) is 0. The van der Waals surface area contributed by atoms with Crippen LogP contribution in [0, 0.1) is 30.1 Å². The van der Waals surface area contributed by atoms with Crippen molar-refractivity contribution in [1.82, 2.24) is 4.98 Å². The minimum Gasteiger partial charge on any atom is -0.458 e. The number of nitrogens with zero attached hydrogens (tertiary/aromatic N) is 1. The number of aliphatic hydroxyl groups excluding tert-OH is 1. The van der Waals surface area contributed by atoms with E-state index in [1.807, 2.05) is 32.2 Å². The number of hydrogen-bond donors (Lipinski definition) is 1. The van der Waals surface area contributed by atoms with E-state index in [1.165, 1.54) is 0 Å². The van der Waals surface area contributed by atoms with Gasteiger partial charge in [0, 0.05) is 17.7 Å². The lowest BCUT2D eigenvalue weighted by molar-refractivity contribution is -0.154. The van der Waals surface area contributed by atoms with Gasteiger partial charge in [-0.1, -0.05) is 47.5 Å². The standard InChI is InChI=1S/C27H41NO5S/c1-15-9-8-10-21-23(32-21)12-22(16(2)11-20-14-34-19(5)28-20)33-25(30)13-24(29)27(6,7)26(31)18(4)17(15)3/h11,14-15,17-18,21-24,29H,8-10,12-13H2,1-7H3/b16-11+/t15-,17-,18+,21+,22?,23-,24-/m0/s1. The number of rotatable bonds is 2. The van der Waals surface area contributed by atoms with Gasteiger partial charge in [-0.3, -0.25) is 9.59 Å². The average Bonchev–Trinajstić information content (AvgIpc) is 3.38. The zero-order valence-electron chi connectivity index (χ0n) is 21.7. The SMILES string of the molecule is C/C(=C\c1csc(C)n1)C1C[C@@H]2O[C@@H]2CCC[C@H](C)[C@H](C)[C@@H](C)C(=O)C(C)(C)[C@@H](O)CC(=O)O1. The van der Waals surface area contributed by atoms with Crippen LogP contribution in [0.5, 0.6) is 0 Å². The van der Waals surface area contributed by atoms with Crippen LogP contribution in [0.3, 0.4) is 0 Å². The third-order valence-corrected chi connectivity index (χ3v) is 8.80. The molecule has 0 bridgehead atoms. The molecule has 190 valence electrons. The minimum absolute atomic E-state index is 0.00337. The lowest BCUT2D eigenvalue weighted by atomic mass is 9.70. The van der Waals surface area contributed by atoms with Crippen molar-refractivity contribution < 1.29 is 24.2 Å². The number of ether oxygens (including phenoxy) is 2. The smallest absolute Gasteiger partial charge is 0.309 e. The summed E-state index contributed by atoms with van der Waals surface area (Å²) in [7, 11) is 0. The Morgan fingerprint density at radius 3 is 2.56 bits per heavy atom. The van der Waals surface area contributed by atoms with Crippen LogP contribution in [-0.4, -0.2) is 46.3 Å². The topological polar surface area (TPSA) is 89.0 Å². The molecule has 7 atom stereocenters. The van der Waals surface area contributed by atoms with Gasteiger partial charge in [0.05, 0.1) is 40.8 Å². The number of ketones is 1. The second kappa shape index (κ2) is 11.0. The van der Waals surface area contributed by atoms with E-state index in [0.717, 1.165) is 35.5 Å². The highest BCUT2D eigenvalue weighted by Gasteiger charge is 2.44. The highest BCUT2D eigenvalue weighted by Crippen LogP contribution is 2.37. The zero-order valence-corrected chi connectivity index (χ0v) is 22.5. The van der Waals surface area contributed by atoms with Crippen LogP contribution >= 0.6 is 11.3 Å². The van der Waals surface area contributed by atoms with Crippen LogP contribution in [0.15, 0.2) is 11.0 Å². The van der Waals surface area contributed by atoms with Gasteiger partial charge in [0.25, 0.3) is 0 Å². The second-order valence-corrected chi connectivity index (χ2v) is 12.0. The normalized spacial score (nSPS) is 36.0. The molecule has 0 saturated carbocycles. The van der Waals surface area contributed by atoms with E-state index >= 15 is 0 Å². The molecule has 34 heavy (non-hydrogen) atoms. The molecule has 1 aromatic rings. The number of thiazole rings is 1. The number of hydrogen-bond acceptors (Lipinski definition) is 7. The van der Waals surface area contributed by atoms with Crippen molar-refractivity contribution in [3.8, 4) is 0 Å². The van der Waals surface area contributed by atoms with E-state index < -0.39 is 23.6 Å². The van der Waals surface area contributed by atoms with Crippen LogP contribution in [-0.2, 0) is 19.1 Å². The summed E-state index contributed by atoms with van der Waals surface area (Å²) < 4.78 is 11.8. The van der Waals surface area contributed by atoms with Crippen LogP contribution in [0.4, 0.5) is 0 Å². The van der Waals surface area contributed by atoms with Crippen LogP contribution < -0.4 is 0 Å². The molecule has 0 amide bonds. The van der Waals surface area contributed by atoms with E-state index in [-0.39, 0.29) is 36.2 Å². The van der Waals surface area contributed by atoms with Gasteiger partial charge in [0.15, 0.2) is 0 Å². The lowest BCUT2D eigenvalue weighted by Gasteiger charge is -2.35. The fraction of sp³-hybridized carbons (Fsp3) is 0.741. The molecule has 3 heterocycles. The first-order chi connectivity index (χ1) is 15.9. The first-order valence-electron chi connectivity index (χ1n) is 12.6. The molecule has 0 radical (unpaired) electrons. The zero-order chi connectivity index (χ0) is 25.2. The molecule has 3 rings (SSSR count). The third kappa shape index (κ3) is 6.55. The van der Waals surface area contributed by atoms with Gasteiger partial charge in [0.1, 0.15) is 11.9 Å². The Morgan fingerprint density at radius 2 is 1.91 bits per heavy atom. The molecule has 2 saturated heterocycles. The van der Waals surface area contributed by atoms with Crippen molar-refractivity contribution in [3.63, 3.8) is 0 Å². The number of aryl methyl sites for hydroxylation is 1. The van der Waals surface area contributed by atoms with Crippen molar-refractivity contribution in [3.05, 3.63) is 21.7 Å². The van der Waals surface area contributed by atoms with E-state index in [9.17, 15) is 14.7 Å². The van der Waals surface area contributed by atoms with E-state index in [1.54, 1.807) is 25.2 Å². The lowest BCUT2D eigenvalue weighted by Crippen LogP contribution is -2.44. The molecular formula is C27H41NO5S.